The number of ketones is 1. The molecule has 0 atom stereocenters. The maximum atomic E-state index is 13.8. The molecular weight excluding hydrogens is 417 g/mol. The quantitative estimate of drug-likeness (QED) is 0.465. The number of benzene rings is 2. The Bertz CT molecular complexity index is 689. The molecule has 0 aliphatic carbocycles. The third-order valence-electron chi connectivity index (χ3n) is 2.71. The van der Waals surface area contributed by atoms with Crippen LogP contribution < -0.4 is 0 Å². The molecular formula is C14H7Br2ClF2O. The van der Waals surface area contributed by atoms with E-state index in [4.69, 9.17) is 11.6 Å². The van der Waals surface area contributed by atoms with E-state index in [1.165, 1.54) is 12.1 Å². The lowest BCUT2D eigenvalue weighted by Crippen LogP contribution is -2.08. The molecule has 1 nitrogen and oxygen atoms in total. The summed E-state index contributed by atoms with van der Waals surface area (Å²) in [6.07, 6.45) is -0.390. The van der Waals surface area contributed by atoms with Gasteiger partial charge in [0, 0.05) is 22.0 Å². The number of carbonyl (C=O) groups is 1. The van der Waals surface area contributed by atoms with Gasteiger partial charge in [-0.2, -0.15) is 0 Å². The van der Waals surface area contributed by atoms with Crippen molar-refractivity contribution in [2.45, 2.75) is 6.42 Å². The highest BCUT2D eigenvalue weighted by Crippen LogP contribution is 2.26. The van der Waals surface area contributed by atoms with Crippen LogP contribution in [0.15, 0.2) is 39.3 Å². The molecule has 0 radical (unpaired) electrons. The maximum absolute atomic E-state index is 13.8. The molecule has 2 aromatic rings. The fourth-order valence-corrected chi connectivity index (χ4v) is 2.85. The van der Waals surface area contributed by atoms with E-state index < -0.39 is 23.8 Å². The second-order valence-corrected chi connectivity index (χ2v) is 6.22. The maximum Gasteiger partial charge on any atom is 0.168 e. The van der Waals surface area contributed by atoms with Crippen LogP contribution >= 0.6 is 43.5 Å². The molecule has 0 spiro atoms. The van der Waals surface area contributed by atoms with Crippen LogP contribution in [0.3, 0.4) is 0 Å². The molecule has 0 bridgehead atoms. The molecule has 0 aliphatic heterocycles. The number of rotatable bonds is 3. The monoisotopic (exact) mass is 422 g/mol. The zero-order valence-electron chi connectivity index (χ0n) is 9.89. The van der Waals surface area contributed by atoms with Crippen molar-refractivity contribution in [2.75, 3.05) is 0 Å². The van der Waals surface area contributed by atoms with E-state index in [1.807, 2.05) is 0 Å². The summed E-state index contributed by atoms with van der Waals surface area (Å²) in [5.74, 6) is -1.97. The van der Waals surface area contributed by atoms with Gasteiger partial charge in [0.05, 0.1) is 9.50 Å². The van der Waals surface area contributed by atoms with Crippen molar-refractivity contribution in [3.05, 3.63) is 67.1 Å². The van der Waals surface area contributed by atoms with Gasteiger partial charge >= 0.3 is 0 Å². The van der Waals surface area contributed by atoms with Crippen LogP contribution in [0, 0.1) is 11.6 Å². The zero-order valence-corrected chi connectivity index (χ0v) is 13.8. The largest absolute Gasteiger partial charge is 0.294 e. The van der Waals surface area contributed by atoms with E-state index >= 15 is 0 Å². The second kappa shape index (κ2) is 6.33. The van der Waals surface area contributed by atoms with Crippen molar-refractivity contribution in [3.8, 4) is 0 Å². The molecule has 0 aromatic heterocycles. The number of hydrogen-bond acceptors (Lipinski definition) is 1. The Hall–Kier alpha value is -0.780. The van der Waals surface area contributed by atoms with Crippen LogP contribution in [0.25, 0.3) is 0 Å². The van der Waals surface area contributed by atoms with Crippen molar-refractivity contribution in [3.63, 3.8) is 0 Å². The average Bonchev–Trinajstić information content (AvgIpc) is 2.39. The summed E-state index contributed by atoms with van der Waals surface area (Å²) < 4.78 is 28.3. The lowest BCUT2D eigenvalue weighted by atomic mass is 10.0. The molecule has 0 unspecified atom stereocenters. The highest BCUT2D eigenvalue weighted by molar-refractivity contribution is 9.10. The van der Waals surface area contributed by atoms with Crippen LogP contribution in [0.1, 0.15) is 15.9 Å². The highest BCUT2D eigenvalue weighted by Gasteiger charge is 2.18. The van der Waals surface area contributed by atoms with Gasteiger partial charge in [0.2, 0.25) is 0 Å². The van der Waals surface area contributed by atoms with E-state index in [0.717, 1.165) is 10.5 Å². The van der Waals surface area contributed by atoms with Gasteiger partial charge in [-0.05, 0) is 46.3 Å². The van der Waals surface area contributed by atoms with Crippen LogP contribution in [0.5, 0.6) is 0 Å². The van der Waals surface area contributed by atoms with E-state index in [1.54, 1.807) is 12.1 Å². The molecule has 0 N–H and O–H groups in total. The standard InChI is InChI=1S/C14H7Br2ClF2O/c15-7-1-2-8(11(17)5-7)13(20)6-9-12(18)4-3-10(16)14(9)19/h1-5H,6H2. The van der Waals surface area contributed by atoms with E-state index in [9.17, 15) is 13.6 Å². The van der Waals surface area contributed by atoms with Crippen LogP contribution in [-0.2, 0) is 6.42 Å². The SMILES string of the molecule is O=C(Cc1c(F)ccc(Br)c1F)c1ccc(Br)cc1Cl. The minimum atomic E-state index is -0.772. The normalized spacial score (nSPS) is 10.7. The molecule has 0 aliphatic rings. The first-order valence-corrected chi connectivity index (χ1v) is 7.47. The second-order valence-electron chi connectivity index (χ2n) is 4.05. The molecule has 0 amide bonds. The molecule has 0 heterocycles. The van der Waals surface area contributed by atoms with Crippen LogP contribution in [-0.4, -0.2) is 5.78 Å². The Balaban J connectivity index is 2.35. The predicted molar refractivity (Wildman–Crippen MR) is 81.2 cm³/mol. The summed E-state index contributed by atoms with van der Waals surface area (Å²) in [6.45, 7) is 0. The van der Waals surface area contributed by atoms with Gasteiger partial charge in [-0.15, -0.1) is 0 Å². The van der Waals surface area contributed by atoms with Crippen molar-refractivity contribution in [2.24, 2.45) is 0 Å². The molecule has 0 saturated heterocycles. The van der Waals surface area contributed by atoms with Gasteiger partial charge < -0.3 is 0 Å². The molecule has 0 fully saturated rings. The molecule has 2 rings (SSSR count). The summed E-state index contributed by atoms with van der Waals surface area (Å²) in [6, 6.07) is 7.09. The summed E-state index contributed by atoms with van der Waals surface area (Å²) in [4.78, 5) is 12.1. The Kier molecular flexibility index (Phi) is 4.94. The Morgan fingerprint density at radius 1 is 1.15 bits per heavy atom. The van der Waals surface area contributed by atoms with E-state index in [-0.39, 0.29) is 20.6 Å². The van der Waals surface area contributed by atoms with E-state index in [2.05, 4.69) is 31.9 Å². The highest BCUT2D eigenvalue weighted by atomic mass is 79.9. The molecule has 0 saturated carbocycles. The lowest BCUT2D eigenvalue weighted by molar-refractivity contribution is 0.0990. The van der Waals surface area contributed by atoms with Crippen molar-refractivity contribution >= 4 is 49.2 Å². The number of halogens is 5. The Morgan fingerprint density at radius 3 is 2.50 bits per heavy atom. The van der Waals surface area contributed by atoms with E-state index in [0.29, 0.717) is 0 Å². The Morgan fingerprint density at radius 2 is 1.85 bits per heavy atom. The first kappa shape index (κ1) is 15.6. The average molecular weight is 424 g/mol. The first-order chi connectivity index (χ1) is 9.40. The van der Waals surface area contributed by atoms with Crippen molar-refractivity contribution in [1.82, 2.24) is 0 Å². The third-order valence-corrected chi connectivity index (χ3v) is 4.13. The summed E-state index contributed by atoms with van der Waals surface area (Å²) in [5, 5.41) is 0.236. The van der Waals surface area contributed by atoms with Crippen LogP contribution in [0.4, 0.5) is 8.78 Å². The zero-order chi connectivity index (χ0) is 14.9. The van der Waals surface area contributed by atoms with Crippen LogP contribution in [0.2, 0.25) is 5.02 Å². The number of hydrogen-bond donors (Lipinski definition) is 0. The van der Waals surface area contributed by atoms with Gasteiger partial charge in [0.25, 0.3) is 0 Å². The summed E-state index contributed by atoms with van der Waals surface area (Å²) in [5.41, 5.74) is -0.0444. The van der Waals surface area contributed by atoms with Gasteiger partial charge in [-0.25, -0.2) is 8.78 Å². The third kappa shape index (κ3) is 3.27. The van der Waals surface area contributed by atoms with Gasteiger partial charge in [-0.1, -0.05) is 27.5 Å². The first-order valence-electron chi connectivity index (χ1n) is 5.50. The summed E-state index contributed by atoms with van der Waals surface area (Å²) in [7, 11) is 0. The van der Waals surface area contributed by atoms with Gasteiger partial charge in [-0.3, -0.25) is 4.79 Å². The topological polar surface area (TPSA) is 17.1 Å². The minimum absolute atomic E-state index is 0.114. The van der Waals surface area contributed by atoms with Gasteiger partial charge in [0.15, 0.2) is 5.78 Å². The fraction of sp³-hybridized carbons (Fsp3) is 0.0714. The molecule has 20 heavy (non-hydrogen) atoms. The number of Topliss-reactive ketones (excluding diaryl/α,β-unsaturated/α-hetero) is 1. The molecule has 2 aromatic carbocycles. The van der Waals surface area contributed by atoms with Crippen molar-refractivity contribution < 1.29 is 13.6 Å². The molecule has 104 valence electrons. The summed E-state index contributed by atoms with van der Waals surface area (Å²) >= 11 is 12.1. The fourth-order valence-electron chi connectivity index (χ4n) is 1.70. The predicted octanol–water partition coefficient (Wildman–Crippen LogP) is 5.57. The Labute approximate surface area is 136 Å². The smallest absolute Gasteiger partial charge is 0.168 e. The molecule has 6 heteroatoms. The lowest BCUT2D eigenvalue weighted by Gasteiger charge is -2.07. The number of carbonyl (C=O) groups excluding carboxylic acids is 1. The van der Waals surface area contributed by atoms with Gasteiger partial charge in [0.1, 0.15) is 11.6 Å². The van der Waals surface area contributed by atoms with Crippen molar-refractivity contribution in [1.29, 1.82) is 0 Å². The minimum Gasteiger partial charge on any atom is -0.294 e.